The Bertz CT molecular complexity index is 3540. The molecule has 11 aromatic rings. The molecule has 10 aromatic carbocycles. The van der Waals surface area contributed by atoms with E-state index in [0.29, 0.717) is 0 Å². The normalized spacial score (nSPS) is 16.9. The lowest BCUT2D eigenvalue weighted by molar-refractivity contribution is 0.626. The van der Waals surface area contributed by atoms with Crippen molar-refractivity contribution in [2.45, 2.75) is 10.8 Å². The van der Waals surface area contributed by atoms with E-state index in [0.717, 1.165) is 22.7 Å². The van der Waals surface area contributed by atoms with Gasteiger partial charge in [-0.05, 0) is 116 Å². The van der Waals surface area contributed by atoms with E-state index in [9.17, 15) is 0 Å². The third-order valence-corrected chi connectivity index (χ3v) is 14.1. The fourth-order valence-corrected chi connectivity index (χ4v) is 11.7. The van der Waals surface area contributed by atoms with Crippen molar-refractivity contribution in [3.05, 3.63) is 299 Å². The van der Waals surface area contributed by atoms with Gasteiger partial charge >= 0.3 is 0 Å². The molecule has 2 aliphatic carbocycles. The lowest BCUT2D eigenvalue weighted by atomic mass is 9.52. The van der Waals surface area contributed by atoms with Crippen LogP contribution in [0.3, 0.4) is 0 Å². The van der Waals surface area contributed by atoms with Crippen LogP contribution in [0.2, 0.25) is 0 Å². The molecule has 13 rings (SSSR count). The van der Waals surface area contributed by atoms with Gasteiger partial charge in [-0.2, -0.15) is 0 Å². The van der Waals surface area contributed by atoms with Crippen LogP contribution in [0.4, 0.5) is 17.1 Å². The number of anilines is 3. The first-order valence-electron chi connectivity index (χ1n) is 22.3. The highest BCUT2D eigenvalue weighted by Gasteiger charge is 2.57. The van der Waals surface area contributed by atoms with Crippen molar-refractivity contribution < 1.29 is 0 Å². The molecule has 0 spiro atoms. The van der Waals surface area contributed by atoms with Gasteiger partial charge in [0.25, 0.3) is 0 Å². The lowest BCUT2D eigenvalue weighted by Crippen LogP contribution is -2.44. The van der Waals surface area contributed by atoms with Crippen molar-refractivity contribution in [2.24, 2.45) is 0 Å². The Morgan fingerprint density at radius 2 is 0.781 bits per heavy atom. The van der Waals surface area contributed by atoms with Crippen molar-refractivity contribution in [1.82, 2.24) is 4.57 Å². The molecule has 0 aliphatic heterocycles. The second kappa shape index (κ2) is 14.2. The summed E-state index contributed by atoms with van der Waals surface area (Å²) in [7, 11) is 0. The van der Waals surface area contributed by atoms with Crippen LogP contribution >= 0.6 is 0 Å². The van der Waals surface area contributed by atoms with Gasteiger partial charge in [0.05, 0.1) is 21.9 Å². The highest BCUT2D eigenvalue weighted by atomic mass is 15.1. The first-order chi connectivity index (χ1) is 31.8. The molecule has 64 heavy (non-hydrogen) atoms. The van der Waals surface area contributed by atoms with Crippen molar-refractivity contribution in [3.63, 3.8) is 0 Å². The Labute approximate surface area is 373 Å². The fraction of sp³-hybridized carbons (Fsp3) is 0.0323. The van der Waals surface area contributed by atoms with Gasteiger partial charge < -0.3 is 9.47 Å². The van der Waals surface area contributed by atoms with Crippen LogP contribution in [0.25, 0.3) is 38.6 Å². The number of hydrogen-bond donors (Lipinski definition) is 0. The molecule has 0 amide bonds. The summed E-state index contributed by atoms with van der Waals surface area (Å²) in [6, 6.07) is 94.5. The average molecular weight is 815 g/mol. The first kappa shape index (κ1) is 36.5. The van der Waals surface area contributed by atoms with Gasteiger partial charge in [0, 0.05) is 33.5 Å². The second-order valence-corrected chi connectivity index (χ2v) is 17.2. The number of aromatic nitrogens is 1. The fourth-order valence-electron chi connectivity index (χ4n) is 11.7. The maximum atomic E-state index is 2.41. The van der Waals surface area contributed by atoms with Gasteiger partial charge in [-0.25, -0.2) is 0 Å². The zero-order chi connectivity index (χ0) is 42.2. The summed E-state index contributed by atoms with van der Waals surface area (Å²) in [5.74, 6) is 0. The number of benzene rings is 10. The molecule has 0 bridgehead atoms. The van der Waals surface area contributed by atoms with E-state index in [4.69, 9.17) is 0 Å². The summed E-state index contributed by atoms with van der Waals surface area (Å²) in [6.45, 7) is 0. The van der Waals surface area contributed by atoms with E-state index in [-0.39, 0.29) is 0 Å². The number of nitrogens with zero attached hydrogens (tertiary/aromatic N) is 2. The van der Waals surface area contributed by atoms with Gasteiger partial charge in [-0.3, -0.25) is 0 Å². The average Bonchev–Trinajstić information content (AvgIpc) is 3.87. The smallest absolute Gasteiger partial charge is 0.0720 e. The molecule has 1 heterocycles. The van der Waals surface area contributed by atoms with Gasteiger partial charge in [-0.15, -0.1) is 0 Å². The van der Waals surface area contributed by atoms with Crippen LogP contribution in [-0.2, 0) is 10.8 Å². The molecule has 0 saturated heterocycles. The molecule has 2 aliphatic rings. The molecule has 0 fully saturated rings. The van der Waals surface area contributed by atoms with Crippen LogP contribution in [0.5, 0.6) is 0 Å². The van der Waals surface area contributed by atoms with Crippen LogP contribution < -0.4 is 4.90 Å². The van der Waals surface area contributed by atoms with Crippen molar-refractivity contribution >= 4 is 38.9 Å². The van der Waals surface area contributed by atoms with Crippen LogP contribution in [-0.4, -0.2) is 4.57 Å². The van der Waals surface area contributed by atoms with Crippen LogP contribution in [0.1, 0.15) is 44.5 Å². The molecule has 1 aromatic heterocycles. The SMILES string of the molecule is c1ccc(N(c2ccc(C3(c4ccccc4)c4ccccc4C4(c5ccccc5)c5ccccc5-c5cccc3c54)cc2)c2ccc3c(c2)c2ccccc2n3-c2ccccc2)cc1. The number of rotatable bonds is 7. The highest BCUT2D eigenvalue weighted by Crippen LogP contribution is 2.65. The predicted octanol–water partition coefficient (Wildman–Crippen LogP) is 15.3. The monoisotopic (exact) mass is 814 g/mol. The number of para-hydroxylation sites is 3. The maximum absolute atomic E-state index is 2.41. The van der Waals surface area contributed by atoms with Crippen molar-refractivity contribution in [1.29, 1.82) is 0 Å². The minimum Gasteiger partial charge on any atom is -0.310 e. The second-order valence-electron chi connectivity index (χ2n) is 17.2. The molecule has 2 atom stereocenters. The topological polar surface area (TPSA) is 8.17 Å². The Kier molecular flexibility index (Phi) is 8.07. The van der Waals surface area contributed by atoms with Gasteiger partial charge in [0.15, 0.2) is 0 Å². The minimum atomic E-state index is -0.613. The largest absolute Gasteiger partial charge is 0.310 e. The van der Waals surface area contributed by atoms with Gasteiger partial charge in [0.1, 0.15) is 0 Å². The van der Waals surface area contributed by atoms with E-state index in [1.807, 2.05) is 0 Å². The molecule has 0 N–H and O–H groups in total. The Morgan fingerprint density at radius 1 is 0.297 bits per heavy atom. The van der Waals surface area contributed by atoms with E-state index in [2.05, 4.69) is 264 Å². The van der Waals surface area contributed by atoms with E-state index in [1.54, 1.807) is 0 Å². The molecule has 2 heteroatoms. The predicted molar refractivity (Wildman–Crippen MR) is 265 cm³/mol. The standard InChI is InChI=1S/C62H42N2/c1-5-20-43(21-6-1)61(55-32-16-17-33-56(55)62(44-22-7-2-8-23-44)54-31-15-13-28-50(54)52-30-19-34-57(61)60(52)62)45-36-38-48(39-37-45)63(46-24-9-3-10-25-46)49-40-41-59-53(42-49)51-29-14-18-35-58(51)64(59)47-26-11-4-12-27-47/h1-42H. The Balaban J connectivity index is 1.05. The Hall–Kier alpha value is -8.20. The Morgan fingerprint density at radius 3 is 1.50 bits per heavy atom. The molecule has 0 saturated carbocycles. The zero-order valence-corrected chi connectivity index (χ0v) is 35.1. The first-order valence-corrected chi connectivity index (χ1v) is 22.3. The van der Waals surface area contributed by atoms with E-state index < -0.39 is 10.8 Å². The maximum Gasteiger partial charge on any atom is 0.0720 e. The van der Waals surface area contributed by atoms with Crippen LogP contribution in [0.15, 0.2) is 255 Å². The zero-order valence-electron chi connectivity index (χ0n) is 35.1. The minimum absolute atomic E-state index is 0.481. The van der Waals surface area contributed by atoms with Gasteiger partial charge in [-0.1, -0.05) is 194 Å². The number of hydrogen-bond acceptors (Lipinski definition) is 1. The number of fused-ring (bicyclic) bond motifs is 8. The molecule has 0 radical (unpaired) electrons. The summed E-state index contributed by atoms with van der Waals surface area (Å²) < 4.78 is 2.38. The highest BCUT2D eigenvalue weighted by molar-refractivity contribution is 6.10. The van der Waals surface area contributed by atoms with Crippen molar-refractivity contribution in [3.8, 4) is 16.8 Å². The molecule has 2 unspecified atom stereocenters. The van der Waals surface area contributed by atoms with Crippen molar-refractivity contribution in [2.75, 3.05) is 4.90 Å². The molecule has 300 valence electrons. The third-order valence-electron chi connectivity index (χ3n) is 14.1. The summed E-state index contributed by atoms with van der Waals surface area (Å²) >= 11 is 0. The molecular formula is C62H42N2. The van der Waals surface area contributed by atoms with E-state index in [1.165, 1.54) is 77.4 Å². The van der Waals surface area contributed by atoms with Crippen LogP contribution in [0, 0.1) is 0 Å². The summed E-state index contributed by atoms with van der Waals surface area (Å²) in [5, 5.41) is 2.45. The third kappa shape index (κ3) is 4.97. The summed E-state index contributed by atoms with van der Waals surface area (Å²) in [4.78, 5) is 2.40. The molecular weight excluding hydrogens is 773 g/mol. The quantitative estimate of drug-likeness (QED) is 0.156. The summed E-state index contributed by atoms with van der Waals surface area (Å²) in [5.41, 5.74) is 18.8. The lowest BCUT2D eigenvalue weighted by Gasteiger charge is -2.49. The summed E-state index contributed by atoms with van der Waals surface area (Å²) in [6.07, 6.45) is 0. The van der Waals surface area contributed by atoms with E-state index >= 15 is 0 Å². The molecule has 2 nitrogen and oxygen atoms in total. The van der Waals surface area contributed by atoms with Gasteiger partial charge in [0.2, 0.25) is 0 Å².